The first kappa shape index (κ1) is 11.1. The predicted octanol–water partition coefficient (Wildman–Crippen LogP) is 1.43. The van der Waals surface area contributed by atoms with Crippen molar-refractivity contribution in [2.45, 2.75) is 12.8 Å². The van der Waals surface area contributed by atoms with Gasteiger partial charge in [-0.05, 0) is 12.8 Å². The molecule has 0 bridgehead atoms. The van der Waals surface area contributed by atoms with Crippen LogP contribution in [0.25, 0.3) is 0 Å². The maximum absolute atomic E-state index is 10.9. The van der Waals surface area contributed by atoms with Crippen LogP contribution < -0.4 is 4.90 Å². The van der Waals surface area contributed by atoms with E-state index in [0.29, 0.717) is 23.9 Å². The van der Waals surface area contributed by atoms with E-state index in [9.17, 15) is 4.79 Å². The molecule has 0 aliphatic carbocycles. The molecule has 1 aliphatic rings. The number of carboxylic acids is 1. The summed E-state index contributed by atoms with van der Waals surface area (Å²) >= 11 is 5.92. The fourth-order valence-electron chi connectivity index (χ4n) is 1.90. The van der Waals surface area contributed by atoms with Crippen molar-refractivity contribution in [2.75, 3.05) is 18.0 Å². The van der Waals surface area contributed by atoms with E-state index in [-0.39, 0.29) is 5.92 Å². The van der Waals surface area contributed by atoms with Crippen LogP contribution in [-0.4, -0.2) is 34.1 Å². The Labute approximate surface area is 98.1 Å². The van der Waals surface area contributed by atoms with Crippen molar-refractivity contribution in [3.63, 3.8) is 0 Å². The van der Waals surface area contributed by atoms with Gasteiger partial charge in [0.15, 0.2) is 11.0 Å². The number of hydrogen-bond donors (Lipinski definition) is 1. The Hall–Kier alpha value is -1.36. The van der Waals surface area contributed by atoms with E-state index < -0.39 is 5.97 Å². The zero-order valence-electron chi connectivity index (χ0n) is 8.64. The fraction of sp³-hybridized carbons (Fsp3) is 0.500. The van der Waals surface area contributed by atoms with Gasteiger partial charge in [0.25, 0.3) is 0 Å². The van der Waals surface area contributed by atoms with Crippen molar-refractivity contribution in [3.05, 3.63) is 17.5 Å². The standard InChI is InChI=1S/C10H12ClN3O2/c11-8-9(13-4-3-12-8)14-5-1-2-7(6-14)10(15)16/h3-4,7H,1-2,5-6H2,(H,15,16). The molecule has 2 rings (SSSR count). The summed E-state index contributed by atoms with van der Waals surface area (Å²) in [6.45, 7) is 1.23. The Morgan fingerprint density at radius 3 is 2.94 bits per heavy atom. The second kappa shape index (κ2) is 4.65. The van der Waals surface area contributed by atoms with Crippen molar-refractivity contribution in [2.24, 2.45) is 5.92 Å². The molecule has 0 amide bonds. The molecule has 1 unspecified atom stereocenters. The van der Waals surface area contributed by atoms with E-state index >= 15 is 0 Å². The van der Waals surface area contributed by atoms with Crippen molar-refractivity contribution >= 4 is 23.4 Å². The summed E-state index contributed by atoms with van der Waals surface area (Å²) < 4.78 is 0. The average Bonchev–Trinajstić information content (AvgIpc) is 2.30. The number of halogens is 1. The first-order chi connectivity index (χ1) is 7.68. The van der Waals surface area contributed by atoms with Crippen LogP contribution in [0.4, 0.5) is 5.82 Å². The molecule has 1 saturated heterocycles. The minimum absolute atomic E-state index is 0.327. The molecule has 0 radical (unpaired) electrons. The molecule has 1 aliphatic heterocycles. The maximum atomic E-state index is 10.9. The number of hydrogen-bond acceptors (Lipinski definition) is 4. The molecule has 1 N–H and O–H groups in total. The number of aliphatic carboxylic acids is 1. The molecule has 1 atom stereocenters. The number of nitrogens with zero attached hydrogens (tertiary/aromatic N) is 3. The smallest absolute Gasteiger partial charge is 0.308 e. The van der Waals surface area contributed by atoms with Crippen molar-refractivity contribution in [1.82, 2.24) is 9.97 Å². The summed E-state index contributed by atoms with van der Waals surface area (Å²) in [7, 11) is 0. The highest BCUT2D eigenvalue weighted by Gasteiger charge is 2.27. The van der Waals surface area contributed by atoms with Crippen molar-refractivity contribution in [3.8, 4) is 0 Å². The number of piperidine rings is 1. The molecule has 0 saturated carbocycles. The van der Waals surface area contributed by atoms with Crippen LogP contribution >= 0.6 is 11.6 Å². The lowest BCUT2D eigenvalue weighted by molar-refractivity contribution is -0.141. The topological polar surface area (TPSA) is 66.3 Å². The largest absolute Gasteiger partial charge is 0.481 e. The predicted molar refractivity (Wildman–Crippen MR) is 59.6 cm³/mol. The van der Waals surface area contributed by atoms with Crippen molar-refractivity contribution < 1.29 is 9.90 Å². The van der Waals surface area contributed by atoms with Gasteiger partial charge in [-0.15, -0.1) is 0 Å². The third kappa shape index (κ3) is 2.24. The maximum Gasteiger partial charge on any atom is 0.308 e. The van der Waals surface area contributed by atoms with E-state index in [2.05, 4.69) is 9.97 Å². The van der Waals surface area contributed by atoms with E-state index in [4.69, 9.17) is 16.7 Å². The summed E-state index contributed by atoms with van der Waals surface area (Å²) in [5.41, 5.74) is 0. The third-order valence-electron chi connectivity index (χ3n) is 2.71. The average molecular weight is 242 g/mol. The number of carbonyl (C=O) groups is 1. The van der Waals surface area contributed by atoms with Gasteiger partial charge >= 0.3 is 5.97 Å². The summed E-state index contributed by atoms with van der Waals surface area (Å²) in [5, 5.41) is 9.30. The van der Waals surface area contributed by atoms with Gasteiger partial charge in [-0.25, -0.2) is 9.97 Å². The van der Waals surface area contributed by atoms with Crippen LogP contribution in [0.1, 0.15) is 12.8 Å². The summed E-state index contributed by atoms with van der Waals surface area (Å²) in [6, 6.07) is 0. The minimum Gasteiger partial charge on any atom is -0.481 e. The zero-order chi connectivity index (χ0) is 11.5. The number of aromatic nitrogens is 2. The molecule has 0 spiro atoms. The van der Waals surface area contributed by atoms with Gasteiger partial charge in [-0.3, -0.25) is 4.79 Å². The Balaban J connectivity index is 2.16. The van der Waals surface area contributed by atoms with E-state index in [1.165, 1.54) is 6.20 Å². The van der Waals surface area contributed by atoms with Crippen LogP contribution in [0.5, 0.6) is 0 Å². The number of rotatable bonds is 2. The van der Waals surface area contributed by atoms with Crippen LogP contribution in [-0.2, 0) is 4.79 Å². The highest BCUT2D eigenvalue weighted by molar-refractivity contribution is 6.31. The normalized spacial score (nSPS) is 20.8. The van der Waals surface area contributed by atoms with Crippen LogP contribution in [0.15, 0.2) is 12.4 Å². The molecule has 6 heteroatoms. The Bertz CT molecular complexity index is 399. The lowest BCUT2D eigenvalue weighted by Gasteiger charge is -2.31. The molecule has 1 aromatic rings. The molecule has 2 heterocycles. The summed E-state index contributed by atoms with van der Waals surface area (Å²) in [5.74, 6) is -0.522. The van der Waals surface area contributed by atoms with Crippen LogP contribution in [0.3, 0.4) is 0 Å². The molecule has 1 aromatic heterocycles. The lowest BCUT2D eigenvalue weighted by atomic mass is 9.98. The Morgan fingerprint density at radius 2 is 2.25 bits per heavy atom. The third-order valence-corrected chi connectivity index (χ3v) is 2.97. The first-order valence-corrected chi connectivity index (χ1v) is 5.50. The second-order valence-electron chi connectivity index (χ2n) is 3.79. The van der Waals surface area contributed by atoms with Gasteiger partial charge in [0.2, 0.25) is 0 Å². The highest BCUT2D eigenvalue weighted by atomic mass is 35.5. The number of carboxylic acid groups (broad SMARTS) is 1. The molecule has 1 fully saturated rings. The first-order valence-electron chi connectivity index (χ1n) is 5.12. The lowest BCUT2D eigenvalue weighted by Crippen LogP contribution is -2.39. The van der Waals surface area contributed by atoms with E-state index in [0.717, 1.165) is 13.0 Å². The van der Waals surface area contributed by atoms with Gasteiger partial charge < -0.3 is 10.0 Å². The zero-order valence-corrected chi connectivity index (χ0v) is 9.39. The molecule has 5 nitrogen and oxygen atoms in total. The van der Waals surface area contributed by atoms with Gasteiger partial charge in [0, 0.05) is 25.5 Å². The van der Waals surface area contributed by atoms with Crippen molar-refractivity contribution in [1.29, 1.82) is 0 Å². The Morgan fingerprint density at radius 1 is 1.50 bits per heavy atom. The highest BCUT2D eigenvalue weighted by Crippen LogP contribution is 2.25. The van der Waals surface area contributed by atoms with Gasteiger partial charge in [0.05, 0.1) is 5.92 Å². The monoisotopic (exact) mass is 241 g/mol. The SMILES string of the molecule is O=C(O)C1CCCN(c2nccnc2Cl)C1. The molecular weight excluding hydrogens is 230 g/mol. The quantitative estimate of drug-likeness (QED) is 0.849. The molecule has 16 heavy (non-hydrogen) atoms. The molecule has 0 aromatic carbocycles. The molecular formula is C10H12ClN3O2. The summed E-state index contributed by atoms with van der Waals surface area (Å²) in [6.07, 6.45) is 4.63. The number of anilines is 1. The molecule has 86 valence electrons. The summed E-state index contributed by atoms with van der Waals surface area (Å²) in [4.78, 5) is 20.9. The Kier molecular flexibility index (Phi) is 3.24. The van der Waals surface area contributed by atoms with E-state index in [1.807, 2.05) is 4.90 Å². The van der Waals surface area contributed by atoms with Gasteiger partial charge in [0.1, 0.15) is 0 Å². The minimum atomic E-state index is -0.760. The van der Waals surface area contributed by atoms with Gasteiger partial charge in [-0.2, -0.15) is 0 Å². The van der Waals surface area contributed by atoms with Crippen LogP contribution in [0, 0.1) is 5.92 Å². The van der Waals surface area contributed by atoms with Crippen LogP contribution in [0.2, 0.25) is 5.15 Å². The second-order valence-corrected chi connectivity index (χ2v) is 4.15. The van der Waals surface area contributed by atoms with Gasteiger partial charge in [-0.1, -0.05) is 11.6 Å². The van der Waals surface area contributed by atoms with E-state index in [1.54, 1.807) is 6.20 Å². The fourth-order valence-corrected chi connectivity index (χ4v) is 2.12.